The highest BCUT2D eigenvalue weighted by molar-refractivity contribution is 7.99. The van der Waals surface area contributed by atoms with Crippen molar-refractivity contribution in [3.63, 3.8) is 0 Å². The average molecular weight is 408 g/mol. The fraction of sp³-hybridized carbons (Fsp3) is 0.294. The van der Waals surface area contributed by atoms with Gasteiger partial charge in [-0.15, -0.1) is 0 Å². The molecule has 0 saturated carbocycles. The van der Waals surface area contributed by atoms with Crippen LogP contribution >= 0.6 is 11.8 Å². The zero-order chi connectivity index (χ0) is 20.2. The van der Waals surface area contributed by atoms with Crippen LogP contribution in [0.25, 0.3) is 0 Å². The van der Waals surface area contributed by atoms with Gasteiger partial charge in [0.05, 0.1) is 27.9 Å². The van der Waals surface area contributed by atoms with Gasteiger partial charge in [0.1, 0.15) is 0 Å². The molecule has 10 heteroatoms. The second-order valence-corrected chi connectivity index (χ2v) is 6.58. The molecule has 2 aromatic rings. The van der Waals surface area contributed by atoms with E-state index in [-0.39, 0.29) is 10.8 Å². The Hall–Kier alpha value is -2.23. The largest absolute Gasteiger partial charge is 0.417 e. The summed E-state index contributed by atoms with van der Waals surface area (Å²) in [4.78, 5) is 15.6. The highest BCUT2D eigenvalue weighted by Gasteiger charge is 2.31. The lowest BCUT2D eigenvalue weighted by molar-refractivity contribution is -0.138. The minimum absolute atomic E-state index is 0.0939. The summed E-state index contributed by atoms with van der Waals surface area (Å²) in [7, 11) is 0. The Labute approximate surface area is 155 Å². The third-order valence-electron chi connectivity index (χ3n) is 3.53. The molecule has 0 fully saturated rings. The number of thioether (sulfide) groups is 1. The number of halogens is 6. The molecule has 0 radical (unpaired) electrons. The number of carbonyl (C=O) groups is 1. The van der Waals surface area contributed by atoms with Gasteiger partial charge in [0.15, 0.2) is 0 Å². The zero-order valence-corrected chi connectivity index (χ0v) is 14.7. The normalized spacial score (nSPS) is 13.3. The number of carbonyl (C=O) groups excluding carboxylic acids is 1. The van der Waals surface area contributed by atoms with Crippen molar-refractivity contribution in [3.8, 4) is 0 Å². The lowest BCUT2D eigenvalue weighted by atomic mass is 10.1. The summed E-state index contributed by atoms with van der Waals surface area (Å²) in [5.41, 5.74) is -1.17. The molecule has 0 aliphatic heterocycles. The van der Waals surface area contributed by atoms with Gasteiger partial charge in [-0.2, -0.15) is 26.3 Å². The van der Waals surface area contributed by atoms with Crippen molar-refractivity contribution < 1.29 is 31.1 Å². The van der Waals surface area contributed by atoms with Gasteiger partial charge >= 0.3 is 12.4 Å². The van der Waals surface area contributed by atoms with Crippen molar-refractivity contribution in [2.75, 3.05) is 5.75 Å². The number of hydrogen-bond donors (Lipinski definition) is 1. The lowest BCUT2D eigenvalue weighted by Gasteiger charge is -2.15. The number of nitrogens with zero attached hydrogens (tertiary/aromatic N) is 1. The molecule has 0 aliphatic rings. The van der Waals surface area contributed by atoms with E-state index in [0.717, 1.165) is 30.0 Å². The molecule has 0 aliphatic carbocycles. The van der Waals surface area contributed by atoms with E-state index in [1.165, 1.54) is 18.2 Å². The van der Waals surface area contributed by atoms with E-state index < -0.39 is 35.4 Å². The van der Waals surface area contributed by atoms with E-state index in [4.69, 9.17) is 0 Å². The van der Waals surface area contributed by atoms with Crippen LogP contribution in [0.15, 0.2) is 47.6 Å². The van der Waals surface area contributed by atoms with Crippen molar-refractivity contribution >= 4 is 17.7 Å². The standard InChI is InChI=1S/C17H14F6N2OS/c1-10(11-2-4-12(5-3-11)16(18,19)20)25-14(26)9-27-15-7-6-13(8-24-15)17(21,22)23/h2-8,10H,9H2,1H3,(H,25,26). The molecular weight excluding hydrogens is 394 g/mol. The molecule has 1 unspecified atom stereocenters. The maximum absolute atomic E-state index is 12.5. The van der Waals surface area contributed by atoms with Crippen molar-refractivity contribution in [2.24, 2.45) is 0 Å². The van der Waals surface area contributed by atoms with Crippen LogP contribution in [0.1, 0.15) is 29.7 Å². The van der Waals surface area contributed by atoms with Crippen LogP contribution in [0.3, 0.4) is 0 Å². The van der Waals surface area contributed by atoms with E-state index in [1.807, 2.05) is 0 Å². The molecule has 0 saturated heterocycles. The van der Waals surface area contributed by atoms with E-state index >= 15 is 0 Å². The van der Waals surface area contributed by atoms with Crippen LogP contribution in [-0.4, -0.2) is 16.6 Å². The Morgan fingerprint density at radius 2 is 1.56 bits per heavy atom. The van der Waals surface area contributed by atoms with Crippen LogP contribution in [0, 0.1) is 0 Å². The Morgan fingerprint density at radius 3 is 2.04 bits per heavy atom. The SMILES string of the molecule is CC(NC(=O)CSc1ccc(C(F)(F)F)cn1)c1ccc(C(F)(F)F)cc1. The zero-order valence-electron chi connectivity index (χ0n) is 13.9. The number of benzene rings is 1. The summed E-state index contributed by atoms with van der Waals surface area (Å²) in [6, 6.07) is 5.92. The number of amides is 1. The van der Waals surface area contributed by atoms with Crippen molar-refractivity contribution in [3.05, 3.63) is 59.3 Å². The number of pyridine rings is 1. The van der Waals surface area contributed by atoms with Gasteiger partial charge in [-0.1, -0.05) is 23.9 Å². The topological polar surface area (TPSA) is 42.0 Å². The minimum atomic E-state index is -4.48. The maximum atomic E-state index is 12.5. The average Bonchev–Trinajstić information content (AvgIpc) is 2.59. The van der Waals surface area contributed by atoms with Gasteiger partial charge in [0, 0.05) is 6.20 Å². The first-order valence-electron chi connectivity index (χ1n) is 7.59. The maximum Gasteiger partial charge on any atom is 0.417 e. The third kappa shape index (κ3) is 6.16. The first-order chi connectivity index (χ1) is 12.5. The fourth-order valence-electron chi connectivity index (χ4n) is 2.10. The predicted molar refractivity (Wildman–Crippen MR) is 88.0 cm³/mol. The molecule has 1 N–H and O–H groups in total. The van der Waals surface area contributed by atoms with Gasteiger partial charge in [-0.3, -0.25) is 4.79 Å². The monoisotopic (exact) mass is 408 g/mol. The van der Waals surface area contributed by atoms with Crippen LogP contribution in [0.2, 0.25) is 0 Å². The quantitative estimate of drug-likeness (QED) is 0.554. The summed E-state index contributed by atoms with van der Waals surface area (Å²) in [5.74, 6) is -0.516. The van der Waals surface area contributed by atoms with Crippen LogP contribution in [0.4, 0.5) is 26.3 Å². The Morgan fingerprint density at radius 1 is 1.00 bits per heavy atom. The van der Waals surface area contributed by atoms with E-state index in [2.05, 4.69) is 10.3 Å². The Kier molecular flexibility index (Phi) is 6.40. The van der Waals surface area contributed by atoms with Gasteiger partial charge in [-0.05, 0) is 36.8 Å². The molecule has 27 heavy (non-hydrogen) atoms. The summed E-state index contributed by atoms with van der Waals surface area (Å²) in [5, 5.41) is 2.86. The molecule has 1 amide bonds. The molecule has 1 atom stereocenters. The highest BCUT2D eigenvalue weighted by Crippen LogP contribution is 2.30. The molecule has 0 bridgehead atoms. The smallest absolute Gasteiger partial charge is 0.349 e. The van der Waals surface area contributed by atoms with E-state index in [1.54, 1.807) is 6.92 Å². The molecule has 1 aromatic carbocycles. The number of alkyl halides is 6. The first kappa shape index (κ1) is 21.1. The third-order valence-corrected chi connectivity index (χ3v) is 4.47. The summed E-state index contributed by atoms with van der Waals surface area (Å²) < 4.78 is 75.0. The van der Waals surface area contributed by atoms with Crippen molar-refractivity contribution in [2.45, 2.75) is 30.3 Å². The highest BCUT2D eigenvalue weighted by atomic mass is 32.2. The van der Waals surface area contributed by atoms with Gasteiger partial charge in [-0.25, -0.2) is 4.98 Å². The summed E-state index contributed by atoms with van der Waals surface area (Å²) >= 11 is 0.952. The van der Waals surface area contributed by atoms with Crippen LogP contribution < -0.4 is 5.32 Å². The second-order valence-electron chi connectivity index (χ2n) is 5.58. The Balaban J connectivity index is 1.88. The summed E-state index contributed by atoms with van der Waals surface area (Å²) in [6.45, 7) is 1.61. The van der Waals surface area contributed by atoms with Crippen molar-refractivity contribution in [1.82, 2.24) is 10.3 Å². The number of aromatic nitrogens is 1. The number of rotatable bonds is 5. The fourth-order valence-corrected chi connectivity index (χ4v) is 2.75. The van der Waals surface area contributed by atoms with Gasteiger partial charge < -0.3 is 5.32 Å². The first-order valence-corrected chi connectivity index (χ1v) is 8.58. The van der Waals surface area contributed by atoms with Crippen molar-refractivity contribution in [1.29, 1.82) is 0 Å². The summed E-state index contributed by atoms with van der Waals surface area (Å²) in [6.07, 6.45) is -8.23. The lowest BCUT2D eigenvalue weighted by Crippen LogP contribution is -2.28. The Bertz CT molecular complexity index is 772. The van der Waals surface area contributed by atoms with E-state index in [9.17, 15) is 31.1 Å². The van der Waals surface area contributed by atoms with Crippen LogP contribution in [-0.2, 0) is 17.1 Å². The minimum Gasteiger partial charge on any atom is -0.349 e. The molecule has 1 aromatic heterocycles. The molecule has 2 rings (SSSR count). The molecular formula is C17H14F6N2OS. The molecule has 146 valence electrons. The number of hydrogen-bond acceptors (Lipinski definition) is 3. The molecule has 3 nitrogen and oxygen atoms in total. The number of nitrogens with one attached hydrogen (secondary N) is 1. The molecule has 0 spiro atoms. The van der Waals surface area contributed by atoms with Gasteiger partial charge in [0.25, 0.3) is 0 Å². The van der Waals surface area contributed by atoms with E-state index in [0.29, 0.717) is 11.8 Å². The molecule has 1 heterocycles. The van der Waals surface area contributed by atoms with Gasteiger partial charge in [0.2, 0.25) is 5.91 Å². The second kappa shape index (κ2) is 8.20. The van der Waals surface area contributed by atoms with Crippen LogP contribution in [0.5, 0.6) is 0 Å². The predicted octanol–water partition coefficient (Wildman–Crippen LogP) is 5.09.